The minimum atomic E-state index is -0.827. The number of hydrogen-bond donors (Lipinski definition) is 3. The van der Waals surface area contributed by atoms with Crippen molar-refractivity contribution in [1.29, 1.82) is 0 Å². The highest BCUT2D eigenvalue weighted by Gasteiger charge is 2.12. The number of nitrogens with zero attached hydrogens (tertiary/aromatic N) is 1. The molecule has 0 bridgehead atoms. The Morgan fingerprint density at radius 3 is 2.35 bits per heavy atom. The van der Waals surface area contributed by atoms with Crippen LogP contribution in [0.3, 0.4) is 0 Å². The third kappa shape index (κ3) is 8.30. The van der Waals surface area contributed by atoms with Crippen molar-refractivity contribution in [2.24, 2.45) is 11.0 Å². The molecule has 31 heavy (non-hydrogen) atoms. The highest BCUT2D eigenvalue weighted by molar-refractivity contribution is 6.35. The van der Waals surface area contributed by atoms with Gasteiger partial charge in [0, 0.05) is 12.2 Å². The summed E-state index contributed by atoms with van der Waals surface area (Å²) in [7, 11) is 0. The zero-order valence-corrected chi connectivity index (χ0v) is 18.2. The Morgan fingerprint density at radius 2 is 1.71 bits per heavy atom. The summed E-state index contributed by atoms with van der Waals surface area (Å²) >= 11 is 0. The summed E-state index contributed by atoms with van der Waals surface area (Å²) in [6.45, 7) is 8.15. The fraction of sp³-hybridized carbons (Fsp3) is 0.304. The molecule has 3 N–H and O–H groups in total. The largest absolute Gasteiger partial charge is 0.484 e. The number of amides is 3. The van der Waals surface area contributed by atoms with Gasteiger partial charge in [-0.15, -0.1) is 0 Å². The van der Waals surface area contributed by atoms with Gasteiger partial charge in [-0.05, 0) is 72.9 Å². The number of hydrazone groups is 1. The fourth-order valence-electron chi connectivity index (χ4n) is 2.41. The molecule has 0 heterocycles. The molecular formula is C23H28N4O4. The number of benzene rings is 2. The molecule has 0 aromatic heterocycles. The van der Waals surface area contributed by atoms with E-state index in [0.717, 1.165) is 16.8 Å². The maximum atomic E-state index is 12.1. The lowest BCUT2D eigenvalue weighted by atomic mass is 10.1. The van der Waals surface area contributed by atoms with Crippen LogP contribution in [0.25, 0.3) is 0 Å². The third-order valence-electron chi connectivity index (χ3n) is 4.30. The van der Waals surface area contributed by atoms with Gasteiger partial charge in [0.2, 0.25) is 0 Å². The topological polar surface area (TPSA) is 109 Å². The number of ether oxygens (including phenoxy) is 1. The van der Waals surface area contributed by atoms with E-state index >= 15 is 0 Å². The molecule has 0 saturated carbocycles. The third-order valence-corrected chi connectivity index (χ3v) is 4.30. The fourth-order valence-corrected chi connectivity index (χ4v) is 2.41. The van der Waals surface area contributed by atoms with Crippen LogP contribution in [0.5, 0.6) is 5.75 Å². The number of hydrogen-bond acceptors (Lipinski definition) is 5. The van der Waals surface area contributed by atoms with Crippen LogP contribution in [0.1, 0.15) is 30.5 Å². The van der Waals surface area contributed by atoms with Gasteiger partial charge in [-0.1, -0.05) is 19.9 Å². The number of rotatable bonds is 8. The molecule has 0 radical (unpaired) electrons. The van der Waals surface area contributed by atoms with E-state index in [-0.39, 0.29) is 18.4 Å². The van der Waals surface area contributed by atoms with Crippen LogP contribution in [-0.4, -0.2) is 37.1 Å². The molecule has 8 nitrogen and oxygen atoms in total. The highest BCUT2D eigenvalue weighted by Crippen LogP contribution is 2.15. The Kier molecular flexibility index (Phi) is 8.75. The molecule has 0 aliphatic heterocycles. The molecule has 0 atom stereocenters. The van der Waals surface area contributed by atoms with Crippen molar-refractivity contribution in [2.75, 3.05) is 18.5 Å². The van der Waals surface area contributed by atoms with Crippen LogP contribution in [-0.2, 0) is 14.4 Å². The second-order valence-corrected chi connectivity index (χ2v) is 7.51. The van der Waals surface area contributed by atoms with Crippen molar-refractivity contribution in [3.8, 4) is 5.75 Å². The van der Waals surface area contributed by atoms with Gasteiger partial charge in [0.1, 0.15) is 5.75 Å². The standard InChI is InChI=1S/C23H28N4O4/c1-15(2)12-24-22(29)23(30)27-25-13-18-6-9-20(10-7-18)31-14-21(28)26-19-8-5-16(3)17(4)11-19/h5-11,13,15H,12,14H2,1-4H3,(H,24,29)(H,26,28)(H,27,30)/b25-13-. The molecule has 0 aliphatic rings. The molecule has 3 amide bonds. The lowest BCUT2D eigenvalue weighted by Crippen LogP contribution is -2.39. The maximum Gasteiger partial charge on any atom is 0.329 e. The molecule has 164 valence electrons. The van der Waals surface area contributed by atoms with E-state index < -0.39 is 11.8 Å². The molecule has 0 fully saturated rings. The summed E-state index contributed by atoms with van der Waals surface area (Å²) in [6.07, 6.45) is 1.41. The van der Waals surface area contributed by atoms with E-state index in [4.69, 9.17) is 4.74 Å². The highest BCUT2D eigenvalue weighted by atomic mass is 16.5. The van der Waals surface area contributed by atoms with Gasteiger partial charge in [0.15, 0.2) is 6.61 Å². The van der Waals surface area contributed by atoms with E-state index in [2.05, 4.69) is 21.2 Å². The van der Waals surface area contributed by atoms with E-state index in [1.54, 1.807) is 24.3 Å². The van der Waals surface area contributed by atoms with Gasteiger partial charge >= 0.3 is 11.8 Å². The molecule has 2 aromatic rings. The van der Waals surface area contributed by atoms with Gasteiger partial charge in [-0.25, -0.2) is 5.43 Å². The first-order valence-corrected chi connectivity index (χ1v) is 9.96. The lowest BCUT2D eigenvalue weighted by molar-refractivity contribution is -0.139. The summed E-state index contributed by atoms with van der Waals surface area (Å²) in [5.74, 6) is -1.05. The first-order chi connectivity index (χ1) is 14.7. The van der Waals surface area contributed by atoms with Crippen molar-refractivity contribution in [3.05, 3.63) is 59.2 Å². The SMILES string of the molecule is Cc1ccc(NC(=O)COc2ccc(/C=N\NC(=O)C(=O)NCC(C)C)cc2)cc1C. The second-order valence-electron chi connectivity index (χ2n) is 7.51. The first kappa shape index (κ1) is 23.6. The summed E-state index contributed by atoms with van der Waals surface area (Å²) in [4.78, 5) is 35.2. The molecule has 2 rings (SSSR count). The van der Waals surface area contributed by atoms with Crippen molar-refractivity contribution < 1.29 is 19.1 Å². The first-order valence-electron chi connectivity index (χ1n) is 9.96. The zero-order chi connectivity index (χ0) is 22.8. The van der Waals surface area contributed by atoms with Crippen LogP contribution < -0.4 is 20.8 Å². The van der Waals surface area contributed by atoms with Gasteiger partial charge in [0.25, 0.3) is 5.91 Å². The Morgan fingerprint density at radius 1 is 1.00 bits per heavy atom. The van der Waals surface area contributed by atoms with Crippen LogP contribution in [0.2, 0.25) is 0 Å². The quantitative estimate of drug-likeness (QED) is 0.344. The average Bonchev–Trinajstić information content (AvgIpc) is 2.74. The van der Waals surface area contributed by atoms with E-state index in [1.807, 2.05) is 45.9 Å². The van der Waals surface area contributed by atoms with Crippen molar-refractivity contribution in [2.45, 2.75) is 27.7 Å². The maximum absolute atomic E-state index is 12.1. The summed E-state index contributed by atoms with van der Waals surface area (Å²) in [6, 6.07) is 12.5. The van der Waals surface area contributed by atoms with E-state index in [9.17, 15) is 14.4 Å². The smallest absolute Gasteiger partial charge is 0.329 e. The van der Waals surface area contributed by atoms with E-state index in [1.165, 1.54) is 6.21 Å². The van der Waals surface area contributed by atoms with Gasteiger partial charge < -0.3 is 15.4 Å². The Hall–Kier alpha value is -3.68. The van der Waals surface area contributed by atoms with Crippen LogP contribution in [0, 0.1) is 19.8 Å². The molecular weight excluding hydrogens is 396 g/mol. The van der Waals surface area contributed by atoms with Gasteiger partial charge in [0.05, 0.1) is 6.21 Å². The summed E-state index contributed by atoms with van der Waals surface area (Å²) in [5.41, 5.74) is 5.85. The minimum Gasteiger partial charge on any atom is -0.484 e. The molecule has 0 aliphatic carbocycles. The minimum absolute atomic E-state index is 0.123. The average molecular weight is 425 g/mol. The van der Waals surface area contributed by atoms with Crippen LogP contribution in [0.4, 0.5) is 5.69 Å². The van der Waals surface area contributed by atoms with Crippen molar-refractivity contribution >= 4 is 29.6 Å². The monoisotopic (exact) mass is 424 g/mol. The lowest BCUT2D eigenvalue weighted by Gasteiger charge is -2.09. The van der Waals surface area contributed by atoms with E-state index in [0.29, 0.717) is 17.9 Å². The molecule has 8 heteroatoms. The number of nitrogens with one attached hydrogen (secondary N) is 3. The number of carbonyl (C=O) groups is 3. The summed E-state index contributed by atoms with van der Waals surface area (Å²) in [5, 5.41) is 9.07. The second kappa shape index (κ2) is 11.5. The van der Waals surface area contributed by atoms with Crippen molar-refractivity contribution in [3.63, 3.8) is 0 Å². The predicted molar refractivity (Wildman–Crippen MR) is 120 cm³/mol. The number of anilines is 1. The van der Waals surface area contributed by atoms with Crippen LogP contribution >= 0.6 is 0 Å². The zero-order valence-electron chi connectivity index (χ0n) is 18.2. The molecule has 0 saturated heterocycles. The molecule has 0 unspecified atom stereocenters. The number of aryl methyl sites for hydroxylation is 2. The number of carbonyl (C=O) groups excluding carboxylic acids is 3. The predicted octanol–water partition coefficient (Wildman–Crippen LogP) is 2.54. The summed E-state index contributed by atoms with van der Waals surface area (Å²) < 4.78 is 5.49. The Bertz CT molecular complexity index is 953. The van der Waals surface area contributed by atoms with Crippen LogP contribution in [0.15, 0.2) is 47.6 Å². The van der Waals surface area contributed by atoms with Gasteiger partial charge in [-0.2, -0.15) is 5.10 Å². The normalized spacial score (nSPS) is 10.7. The molecule has 2 aromatic carbocycles. The Labute approximate surface area is 182 Å². The Balaban J connectivity index is 1.77. The van der Waals surface area contributed by atoms with Crippen molar-refractivity contribution in [1.82, 2.24) is 10.7 Å². The molecule has 0 spiro atoms. The van der Waals surface area contributed by atoms with Gasteiger partial charge in [-0.3, -0.25) is 14.4 Å².